The molecule has 0 amide bonds. The summed E-state index contributed by atoms with van der Waals surface area (Å²) in [6, 6.07) is 12.5. The topological polar surface area (TPSA) is 42.4 Å². The molecular formula is C25H26F3NO2. The van der Waals surface area contributed by atoms with Crippen LogP contribution >= 0.6 is 0 Å². The number of fused-ring (bicyclic) bond motifs is 2. The predicted molar refractivity (Wildman–Crippen MR) is 114 cm³/mol. The van der Waals surface area contributed by atoms with E-state index < -0.39 is 30.0 Å². The Morgan fingerprint density at radius 1 is 1.10 bits per heavy atom. The Morgan fingerprint density at radius 3 is 2.58 bits per heavy atom. The van der Waals surface area contributed by atoms with E-state index in [0.717, 1.165) is 17.5 Å². The van der Waals surface area contributed by atoms with E-state index in [4.69, 9.17) is 4.74 Å². The molecule has 2 heterocycles. The van der Waals surface area contributed by atoms with Crippen LogP contribution in [0.15, 0.2) is 48.7 Å². The number of aliphatic hydroxyl groups is 1. The Morgan fingerprint density at radius 2 is 1.84 bits per heavy atom. The quantitative estimate of drug-likeness (QED) is 0.567. The molecule has 1 atom stereocenters. The van der Waals surface area contributed by atoms with E-state index in [1.165, 1.54) is 6.20 Å². The highest BCUT2D eigenvalue weighted by molar-refractivity contribution is 5.81. The number of nitrogens with zero attached hydrogens (tertiary/aromatic N) is 1. The molecule has 0 saturated carbocycles. The van der Waals surface area contributed by atoms with Gasteiger partial charge in [0.15, 0.2) is 5.60 Å². The molecule has 0 spiro atoms. The van der Waals surface area contributed by atoms with E-state index in [1.54, 1.807) is 44.2 Å². The zero-order chi connectivity index (χ0) is 22.4. The molecule has 1 aliphatic rings. The average molecular weight is 429 g/mol. The number of pyridine rings is 1. The molecule has 1 N–H and O–H groups in total. The van der Waals surface area contributed by atoms with Gasteiger partial charge in [-0.15, -0.1) is 0 Å². The largest absolute Gasteiger partial charge is 0.493 e. The first-order chi connectivity index (χ1) is 14.5. The second kappa shape index (κ2) is 7.52. The van der Waals surface area contributed by atoms with Crippen LogP contribution < -0.4 is 4.74 Å². The van der Waals surface area contributed by atoms with Gasteiger partial charge in [0.1, 0.15) is 5.75 Å². The molecule has 3 aromatic rings. The highest BCUT2D eigenvalue weighted by Gasteiger charge is 2.56. The van der Waals surface area contributed by atoms with Crippen LogP contribution in [0.2, 0.25) is 0 Å². The second-order valence-corrected chi connectivity index (χ2v) is 9.15. The summed E-state index contributed by atoms with van der Waals surface area (Å²) >= 11 is 0. The molecule has 0 fully saturated rings. The number of rotatable bonds is 5. The molecule has 164 valence electrons. The molecular weight excluding hydrogens is 403 g/mol. The van der Waals surface area contributed by atoms with Crippen LogP contribution in [-0.4, -0.2) is 28.5 Å². The Labute approximate surface area is 179 Å². The molecule has 2 aromatic carbocycles. The fraction of sp³-hybridized carbons (Fsp3) is 0.400. The summed E-state index contributed by atoms with van der Waals surface area (Å²) in [7, 11) is 0. The predicted octanol–water partition coefficient (Wildman–Crippen LogP) is 5.68. The number of aromatic nitrogens is 1. The van der Waals surface area contributed by atoms with Crippen molar-refractivity contribution < 1.29 is 23.0 Å². The van der Waals surface area contributed by atoms with Gasteiger partial charge in [-0.2, -0.15) is 13.2 Å². The molecule has 1 aliphatic heterocycles. The molecule has 0 saturated heterocycles. The van der Waals surface area contributed by atoms with Crippen molar-refractivity contribution in [2.45, 2.75) is 57.2 Å². The molecule has 0 radical (unpaired) electrons. The molecule has 4 rings (SSSR count). The van der Waals surface area contributed by atoms with Crippen LogP contribution in [0.1, 0.15) is 42.5 Å². The zero-order valence-electron chi connectivity index (χ0n) is 17.9. The highest BCUT2D eigenvalue weighted by Crippen LogP contribution is 2.47. The Bertz CT molecular complexity index is 1120. The molecule has 3 nitrogen and oxygen atoms in total. The number of alkyl halides is 3. The third kappa shape index (κ3) is 4.01. The third-order valence-corrected chi connectivity index (χ3v) is 6.14. The maximum Gasteiger partial charge on any atom is 0.417 e. The van der Waals surface area contributed by atoms with E-state index in [9.17, 15) is 18.3 Å². The van der Waals surface area contributed by atoms with Crippen LogP contribution in [0, 0.1) is 6.92 Å². The number of ether oxygens (including phenoxy) is 1. The second-order valence-electron chi connectivity index (χ2n) is 9.15. The molecule has 0 bridgehead atoms. The highest BCUT2D eigenvalue weighted by atomic mass is 19.4. The third-order valence-electron chi connectivity index (χ3n) is 6.14. The summed E-state index contributed by atoms with van der Waals surface area (Å²) in [5.74, 6) is 0.662. The number of hydrogen-bond acceptors (Lipinski definition) is 3. The van der Waals surface area contributed by atoms with Gasteiger partial charge in [0.25, 0.3) is 0 Å². The maximum absolute atomic E-state index is 14.3. The van der Waals surface area contributed by atoms with Gasteiger partial charge in [-0.25, -0.2) is 0 Å². The molecule has 1 unspecified atom stereocenters. The van der Waals surface area contributed by atoms with Gasteiger partial charge in [-0.05, 0) is 42.0 Å². The standard InChI is InChI=1S/C25H26F3NO2/c1-16-12-17-9-11-31-22(17)20(13-16)23(2,3)15-24(30,25(26,27)28)14-18-8-10-29-21-7-5-4-6-19(18)21/h4-8,10,12-13,30H,9,11,14-15H2,1-3H3. The minimum Gasteiger partial charge on any atom is -0.493 e. The van der Waals surface area contributed by atoms with E-state index in [2.05, 4.69) is 4.98 Å². The lowest BCUT2D eigenvalue weighted by molar-refractivity contribution is -0.266. The van der Waals surface area contributed by atoms with Crippen molar-refractivity contribution in [2.24, 2.45) is 0 Å². The average Bonchev–Trinajstić information content (AvgIpc) is 3.14. The van der Waals surface area contributed by atoms with Crippen molar-refractivity contribution in [1.29, 1.82) is 0 Å². The SMILES string of the molecule is Cc1cc2c(c(C(C)(C)CC(O)(Cc3ccnc4ccccc34)C(F)(F)F)c1)OCC2. The number of benzene rings is 2. The van der Waals surface area contributed by atoms with Gasteiger partial charge < -0.3 is 9.84 Å². The number of hydrogen-bond donors (Lipinski definition) is 1. The minimum absolute atomic E-state index is 0.423. The Kier molecular flexibility index (Phi) is 5.24. The first-order valence-electron chi connectivity index (χ1n) is 10.4. The summed E-state index contributed by atoms with van der Waals surface area (Å²) in [6.07, 6.45) is -3.60. The minimum atomic E-state index is -4.80. The summed E-state index contributed by atoms with van der Waals surface area (Å²) in [6.45, 7) is 5.93. The molecule has 0 aliphatic carbocycles. The first kappa shape index (κ1) is 21.6. The molecule has 31 heavy (non-hydrogen) atoms. The fourth-order valence-electron chi connectivity index (χ4n) is 4.68. The summed E-state index contributed by atoms with van der Waals surface area (Å²) in [5, 5.41) is 11.7. The lowest BCUT2D eigenvalue weighted by Crippen LogP contribution is -2.50. The summed E-state index contributed by atoms with van der Waals surface area (Å²) in [5.41, 5.74) is -0.145. The van der Waals surface area contributed by atoms with Crippen molar-refractivity contribution in [3.05, 3.63) is 70.9 Å². The van der Waals surface area contributed by atoms with Crippen molar-refractivity contribution in [3.63, 3.8) is 0 Å². The van der Waals surface area contributed by atoms with E-state index in [0.29, 0.717) is 34.4 Å². The van der Waals surface area contributed by atoms with Gasteiger partial charge in [0.2, 0.25) is 0 Å². The molecule has 1 aromatic heterocycles. The smallest absolute Gasteiger partial charge is 0.417 e. The normalized spacial score (nSPS) is 16.1. The number of halogens is 3. The van der Waals surface area contributed by atoms with Crippen LogP contribution in [0.25, 0.3) is 10.9 Å². The maximum atomic E-state index is 14.3. The van der Waals surface area contributed by atoms with Gasteiger partial charge in [0, 0.05) is 30.0 Å². The van der Waals surface area contributed by atoms with Crippen molar-refractivity contribution in [1.82, 2.24) is 4.98 Å². The Balaban J connectivity index is 1.75. The number of aryl methyl sites for hydroxylation is 1. The summed E-state index contributed by atoms with van der Waals surface area (Å²) in [4.78, 5) is 4.23. The van der Waals surface area contributed by atoms with Gasteiger partial charge in [-0.3, -0.25) is 4.98 Å². The summed E-state index contributed by atoms with van der Waals surface area (Å²) < 4.78 is 48.7. The van der Waals surface area contributed by atoms with Gasteiger partial charge >= 0.3 is 6.18 Å². The number of para-hydroxylation sites is 1. The Hall–Kier alpha value is -2.60. The van der Waals surface area contributed by atoms with Crippen LogP contribution in [-0.2, 0) is 18.3 Å². The monoisotopic (exact) mass is 429 g/mol. The van der Waals surface area contributed by atoms with E-state index >= 15 is 0 Å². The van der Waals surface area contributed by atoms with Crippen molar-refractivity contribution in [3.8, 4) is 5.75 Å². The fourth-order valence-corrected chi connectivity index (χ4v) is 4.68. The zero-order valence-corrected chi connectivity index (χ0v) is 17.9. The molecule has 6 heteroatoms. The first-order valence-corrected chi connectivity index (χ1v) is 10.4. The lowest BCUT2D eigenvalue weighted by Gasteiger charge is -2.38. The van der Waals surface area contributed by atoms with Crippen molar-refractivity contribution in [2.75, 3.05) is 6.61 Å². The lowest BCUT2D eigenvalue weighted by atomic mass is 9.72. The van der Waals surface area contributed by atoms with Crippen LogP contribution in [0.5, 0.6) is 5.75 Å². The van der Waals surface area contributed by atoms with Crippen LogP contribution in [0.4, 0.5) is 13.2 Å². The van der Waals surface area contributed by atoms with Crippen molar-refractivity contribution >= 4 is 10.9 Å². The van der Waals surface area contributed by atoms with Crippen LogP contribution in [0.3, 0.4) is 0 Å². The van der Waals surface area contributed by atoms with Gasteiger partial charge in [-0.1, -0.05) is 49.7 Å². The van der Waals surface area contributed by atoms with E-state index in [-0.39, 0.29) is 0 Å². The van der Waals surface area contributed by atoms with E-state index in [1.807, 2.05) is 19.1 Å². The van der Waals surface area contributed by atoms with Gasteiger partial charge in [0.05, 0.1) is 12.1 Å².